The Labute approximate surface area is 98.3 Å². The van der Waals surface area contributed by atoms with Crippen LogP contribution in [-0.2, 0) is 19.1 Å². The molecule has 1 amide bonds. The van der Waals surface area contributed by atoms with Crippen LogP contribution < -0.4 is 16.2 Å². The molecule has 7 heteroatoms. The summed E-state index contributed by atoms with van der Waals surface area (Å²) in [6.45, 7) is 0. The van der Waals surface area contributed by atoms with Crippen molar-refractivity contribution in [3.05, 3.63) is 0 Å². The molecule has 4 N–H and O–H groups in total. The molecule has 1 saturated carbocycles. The monoisotopic (exact) mass is 244 g/mol. The van der Waals surface area contributed by atoms with Crippen molar-refractivity contribution < 1.29 is 30.0 Å². The topological polar surface area (TPSA) is 123 Å². The Balaban J connectivity index is 2.60. The van der Waals surface area contributed by atoms with E-state index in [9.17, 15) is 19.5 Å². The van der Waals surface area contributed by atoms with Crippen LogP contribution in [-0.4, -0.2) is 36.5 Å². The minimum atomic E-state index is -1.35. The maximum atomic E-state index is 11.6. The summed E-state index contributed by atoms with van der Waals surface area (Å²) >= 11 is 0. The van der Waals surface area contributed by atoms with Gasteiger partial charge in [-0.3, -0.25) is 4.79 Å². The zero-order chi connectivity index (χ0) is 13.1. The maximum Gasteiger partial charge on any atom is 0.331 e. The zero-order valence-corrected chi connectivity index (χ0v) is 9.65. The van der Waals surface area contributed by atoms with Crippen molar-refractivity contribution in [1.29, 1.82) is 0 Å². The Hall–Kier alpha value is -1.63. The number of carboxylic acid groups (broad SMARTS) is 1. The van der Waals surface area contributed by atoms with Crippen molar-refractivity contribution in [2.45, 2.75) is 37.3 Å². The van der Waals surface area contributed by atoms with Gasteiger partial charge in [0.2, 0.25) is 0 Å². The van der Waals surface area contributed by atoms with Crippen LogP contribution in [0, 0.1) is 0 Å². The summed E-state index contributed by atoms with van der Waals surface area (Å²) in [5.74, 6) is -2.42. The van der Waals surface area contributed by atoms with E-state index in [1.54, 1.807) is 0 Å². The Morgan fingerprint density at radius 1 is 1.47 bits per heavy atom. The van der Waals surface area contributed by atoms with E-state index in [0.717, 1.165) is 6.42 Å². The lowest BCUT2D eigenvalue weighted by Gasteiger charge is -2.39. The summed E-state index contributed by atoms with van der Waals surface area (Å²) in [6.07, 6.45) is 1.35. The molecule has 17 heavy (non-hydrogen) atoms. The number of aliphatic carboxylic acids is 1. The molecule has 7 nitrogen and oxygen atoms in total. The Kier molecular flexibility index (Phi) is 4.06. The lowest BCUT2D eigenvalue weighted by Crippen LogP contribution is -2.72. The minimum absolute atomic E-state index is 0.469. The second kappa shape index (κ2) is 5.13. The number of quaternary nitrogens is 1. The predicted molar refractivity (Wildman–Crippen MR) is 53.0 cm³/mol. The van der Waals surface area contributed by atoms with E-state index < -0.39 is 35.8 Å². The van der Waals surface area contributed by atoms with Crippen molar-refractivity contribution in [2.24, 2.45) is 0 Å². The molecule has 1 rings (SSSR count). The second-order valence-corrected chi connectivity index (χ2v) is 4.19. The molecule has 0 aromatic rings. The molecule has 0 saturated heterocycles. The van der Waals surface area contributed by atoms with Gasteiger partial charge in [-0.15, -0.1) is 0 Å². The lowest BCUT2D eigenvalue weighted by molar-refractivity contribution is -0.409. The number of amides is 1. The first-order chi connectivity index (χ1) is 7.91. The highest BCUT2D eigenvalue weighted by molar-refractivity contribution is 5.91. The van der Waals surface area contributed by atoms with Crippen LogP contribution in [0.1, 0.15) is 25.7 Å². The molecule has 0 aromatic carbocycles. The van der Waals surface area contributed by atoms with Crippen molar-refractivity contribution in [3.8, 4) is 0 Å². The molecule has 0 heterocycles. The van der Waals surface area contributed by atoms with E-state index in [2.05, 4.69) is 15.8 Å². The summed E-state index contributed by atoms with van der Waals surface area (Å²) in [6, 6.07) is -0.970. The van der Waals surface area contributed by atoms with Crippen LogP contribution >= 0.6 is 0 Å². The Bertz CT molecular complexity index is 338. The van der Waals surface area contributed by atoms with Crippen LogP contribution in [0.2, 0.25) is 0 Å². The molecule has 0 spiro atoms. The number of hydrogen-bond donors (Lipinski definition) is 2. The molecule has 96 valence electrons. The van der Waals surface area contributed by atoms with Gasteiger partial charge in [-0.25, -0.2) is 4.79 Å². The molecule has 1 unspecified atom stereocenters. The molecule has 0 radical (unpaired) electrons. The SMILES string of the molecule is COC(=O)C1(NC(=O)C([NH3+])CC(=O)[O-])CCC1. The Morgan fingerprint density at radius 3 is 2.41 bits per heavy atom. The van der Waals surface area contributed by atoms with Gasteiger partial charge in [-0.1, -0.05) is 0 Å². The highest BCUT2D eigenvalue weighted by Crippen LogP contribution is 2.32. The summed E-state index contributed by atoms with van der Waals surface area (Å²) in [4.78, 5) is 33.5. The number of nitrogens with one attached hydrogen (secondary N) is 1. The van der Waals surface area contributed by atoms with Gasteiger partial charge in [0.05, 0.1) is 7.11 Å². The number of rotatable bonds is 5. The largest absolute Gasteiger partial charge is 0.550 e. The number of carbonyl (C=O) groups excluding carboxylic acids is 3. The smallest absolute Gasteiger partial charge is 0.331 e. The average molecular weight is 244 g/mol. The minimum Gasteiger partial charge on any atom is -0.550 e. The van der Waals surface area contributed by atoms with Gasteiger partial charge in [0.1, 0.15) is 5.54 Å². The maximum absolute atomic E-state index is 11.6. The van der Waals surface area contributed by atoms with Crippen LogP contribution in [0.25, 0.3) is 0 Å². The van der Waals surface area contributed by atoms with Crippen LogP contribution in [0.15, 0.2) is 0 Å². The third-order valence-corrected chi connectivity index (χ3v) is 2.93. The fraction of sp³-hybridized carbons (Fsp3) is 0.700. The van der Waals surface area contributed by atoms with Crippen LogP contribution in [0.5, 0.6) is 0 Å². The fourth-order valence-corrected chi connectivity index (χ4v) is 1.74. The first-order valence-electron chi connectivity index (χ1n) is 5.34. The number of ether oxygens (including phenoxy) is 1. The number of esters is 1. The van der Waals surface area contributed by atoms with E-state index in [-0.39, 0.29) is 0 Å². The molecule has 1 atom stereocenters. The first-order valence-corrected chi connectivity index (χ1v) is 5.34. The third-order valence-electron chi connectivity index (χ3n) is 2.93. The summed E-state index contributed by atoms with van der Waals surface area (Å²) in [7, 11) is 1.25. The Morgan fingerprint density at radius 2 is 2.06 bits per heavy atom. The second-order valence-electron chi connectivity index (χ2n) is 4.19. The summed E-state index contributed by atoms with van der Waals surface area (Å²) < 4.78 is 4.62. The molecule has 1 fully saturated rings. The number of carboxylic acids is 1. The first kappa shape index (κ1) is 13.4. The summed E-state index contributed by atoms with van der Waals surface area (Å²) in [5, 5.41) is 12.8. The van der Waals surface area contributed by atoms with Crippen molar-refractivity contribution in [1.82, 2.24) is 5.32 Å². The number of methoxy groups -OCH3 is 1. The van der Waals surface area contributed by atoms with Gasteiger partial charge >= 0.3 is 5.97 Å². The molecule has 1 aliphatic rings. The van der Waals surface area contributed by atoms with E-state index in [4.69, 9.17) is 0 Å². The van der Waals surface area contributed by atoms with Gasteiger partial charge in [-0.2, -0.15) is 0 Å². The van der Waals surface area contributed by atoms with E-state index in [1.807, 2.05) is 0 Å². The van der Waals surface area contributed by atoms with E-state index >= 15 is 0 Å². The van der Waals surface area contributed by atoms with Gasteiger partial charge < -0.3 is 25.7 Å². The van der Waals surface area contributed by atoms with Gasteiger partial charge in [0, 0.05) is 12.4 Å². The standard InChI is InChI=1S/C10H16N2O5/c1-17-9(16)10(3-2-4-10)12-8(15)6(11)5-7(13)14/h6H,2-5,11H2,1H3,(H,12,15)(H,13,14). The zero-order valence-electron chi connectivity index (χ0n) is 9.65. The highest BCUT2D eigenvalue weighted by atomic mass is 16.5. The van der Waals surface area contributed by atoms with Gasteiger partial charge in [-0.05, 0) is 19.3 Å². The normalized spacial score (nSPS) is 18.7. The van der Waals surface area contributed by atoms with E-state index in [1.165, 1.54) is 7.11 Å². The van der Waals surface area contributed by atoms with Crippen molar-refractivity contribution in [3.63, 3.8) is 0 Å². The molecular weight excluding hydrogens is 228 g/mol. The lowest BCUT2D eigenvalue weighted by atomic mass is 9.76. The molecule has 0 bridgehead atoms. The van der Waals surface area contributed by atoms with Crippen LogP contribution in [0.4, 0.5) is 0 Å². The molecule has 0 aromatic heterocycles. The van der Waals surface area contributed by atoms with Crippen molar-refractivity contribution in [2.75, 3.05) is 7.11 Å². The quantitative estimate of drug-likeness (QED) is 0.497. The molecule has 0 aliphatic heterocycles. The van der Waals surface area contributed by atoms with Gasteiger partial charge in [0.25, 0.3) is 5.91 Å². The van der Waals surface area contributed by atoms with E-state index in [0.29, 0.717) is 12.8 Å². The fourth-order valence-electron chi connectivity index (χ4n) is 1.74. The third kappa shape index (κ3) is 2.94. The average Bonchev–Trinajstić information content (AvgIpc) is 2.20. The predicted octanol–water partition coefficient (Wildman–Crippen LogP) is -3.05. The van der Waals surface area contributed by atoms with Crippen molar-refractivity contribution >= 4 is 17.8 Å². The highest BCUT2D eigenvalue weighted by Gasteiger charge is 2.47. The molecule has 1 aliphatic carbocycles. The number of carbonyl (C=O) groups is 3. The van der Waals surface area contributed by atoms with Gasteiger partial charge in [0.15, 0.2) is 6.04 Å². The van der Waals surface area contributed by atoms with Crippen LogP contribution in [0.3, 0.4) is 0 Å². The summed E-state index contributed by atoms with van der Waals surface area (Å²) in [5.41, 5.74) is 2.43. The molecular formula is C10H16N2O5. The number of hydrogen-bond acceptors (Lipinski definition) is 5.